The van der Waals surface area contributed by atoms with Gasteiger partial charge in [-0.05, 0) is 31.0 Å². The van der Waals surface area contributed by atoms with E-state index in [1.165, 1.54) is 11.1 Å². The van der Waals surface area contributed by atoms with Crippen LogP contribution in [0, 0.1) is 0 Å². The van der Waals surface area contributed by atoms with Crippen molar-refractivity contribution in [3.63, 3.8) is 0 Å². The summed E-state index contributed by atoms with van der Waals surface area (Å²) in [5, 5.41) is 0. The van der Waals surface area contributed by atoms with Crippen LogP contribution in [0.1, 0.15) is 17.5 Å². The van der Waals surface area contributed by atoms with E-state index in [1.807, 2.05) is 0 Å². The Morgan fingerprint density at radius 2 is 2.12 bits per heavy atom. The summed E-state index contributed by atoms with van der Waals surface area (Å²) < 4.78 is 5.41. The molecule has 1 unspecified atom stereocenters. The second kappa shape index (κ2) is 6.15. The molecule has 1 saturated heterocycles. The summed E-state index contributed by atoms with van der Waals surface area (Å²) in [6, 6.07) is 9.04. The van der Waals surface area contributed by atoms with Crippen LogP contribution in [0.2, 0.25) is 0 Å². The highest BCUT2D eigenvalue weighted by atomic mass is 16.5. The van der Waals surface area contributed by atoms with Crippen molar-refractivity contribution in [2.75, 3.05) is 26.8 Å². The highest BCUT2D eigenvalue weighted by Gasteiger charge is 2.19. The maximum atomic E-state index is 5.75. The van der Waals surface area contributed by atoms with Crippen LogP contribution < -0.4 is 5.73 Å². The van der Waals surface area contributed by atoms with E-state index in [1.54, 1.807) is 0 Å². The molecule has 1 aliphatic rings. The molecular formula is C14H22N2O. The molecule has 1 aliphatic heterocycles. The van der Waals surface area contributed by atoms with Crippen LogP contribution >= 0.6 is 0 Å². The van der Waals surface area contributed by atoms with E-state index >= 15 is 0 Å². The highest BCUT2D eigenvalue weighted by molar-refractivity contribution is 5.27. The van der Waals surface area contributed by atoms with E-state index in [2.05, 4.69) is 36.2 Å². The third-order valence-corrected chi connectivity index (χ3v) is 3.60. The monoisotopic (exact) mass is 234 g/mol. The molecule has 0 aromatic heterocycles. The number of nitrogens with two attached hydrogens (primary N) is 1. The van der Waals surface area contributed by atoms with Crippen LogP contribution in [0.15, 0.2) is 24.3 Å². The standard InChI is InChI=1S/C14H22N2O/c1-16(14-7-9-17-11-14)8-6-12-4-2-3-5-13(12)10-15/h2-5,14H,6-11,15H2,1H3. The highest BCUT2D eigenvalue weighted by Crippen LogP contribution is 2.13. The molecule has 0 saturated carbocycles. The first-order valence-corrected chi connectivity index (χ1v) is 6.36. The van der Waals surface area contributed by atoms with Crippen molar-refractivity contribution in [1.82, 2.24) is 4.90 Å². The molecule has 1 heterocycles. The molecule has 1 aromatic rings. The van der Waals surface area contributed by atoms with Crippen molar-refractivity contribution in [3.05, 3.63) is 35.4 Å². The lowest BCUT2D eigenvalue weighted by Crippen LogP contribution is -2.33. The number of rotatable bonds is 5. The number of hydrogen-bond donors (Lipinski definition) is 1. The topological polar surface area (TPSA) is 38.5 Å². The lowest BCUT2D eigenvalue weighted by Gasteiger charge is -2.23. The lowest BCUT2D eigenvalue weighted by atomic mass is 10.0. The van der Waals surface area contributed by atoms with Gasteiger partial charge in [0.1, 0.15) is 0 Å². The SMILES string of the molecule is CN(CCc1ccccc1CN)C1CCOC1. The molecule has 0 radical (unpaired) electrons. The van der Waals surface area contributed by atoms with E-state index in [4.69, 9.17) is 10.5 Å². The number of ether oxygens (including phenoxy) is 1. The first-order chi connectivity index (χ1) is 8.31. The van der Waals surface area contributed by atoms with Crippen LogP contribution in [-0.2, 0) is 17.7 Å². The van der Waals surface area contributed by atoms with E-state index in [0.717, 1.165) is 32.6 Å². The zero-order valence-electron chi connectivity index (χ0n) is 10.6. The Morgan fingerprint density at radius 1 is 1.35 bits per heavy atom. The van der Waals surface area contributed by atoms with E-state index in [9.17, 15) is 0 Å². The Morgan fingerprint density at radius 3 is 2.76 bits per heavy atom. The Hall–Kier alpha value is -0.900. The first-order valence-electron chi connectivity index (χ1n) is 6.36. The molecule has 1 fully saturated rings. The summed E-state index contributed by atoms with van der Waals surface area (Å²) in [6.45, 7) is 3.50. The van der Waals surface area contributed by atoms with Gasteiger partial charge in [0, 0.05) is 25.7 Å². The molecule has 2 rings (SSSR count). The number of nitrogens with zero attached hydrogens (tertiary/aromatic N) is 1. The molecule has 3 heteroatoms. The molecule has 0 aliphatic carbocycles. The van der Waals surface area contributed by atoms with Gasteiger partial charge in [-0.2, -0.15) is 0 Å². The summed E-state index contributed by atoms with van der Waals surface area (Å²) in [5.41, 5.74) is 8.39. The normalized spacial score (nSPS) is 20.1. The molecule has 1 atom stereocenters. The summed E-state index contributed by atoms with van der Waals surface area (Å²) in [6.07, 6.45) is 2.23. The summed E-state index contributed by atoms with van der Waals surface area (Å²) in [4.78, 5) is 2.40. The van der Waals surface area contributed by atoms with Gasteiger partial charge in [-0.1, -0.05) is 24.3 Å². The second-order valence-corrected chi connectivity index (χ2v) is 4.72. The molecule has 0 bridgehead atoms. The van der Waals surface area contributed by atoms with Crippen LogP contribution in [0.25, 0.3) is 0 Å². The predicted octanol–water partition coefficient (Wildman–Crippen LogP) is 1.41. The molecule has 94 valence electrons. The average molecular weight is 234 g/mol. The summed E-state index contributed by atoms with van der Waals surface area (Å²) >= 11 is 0. The van der Waals surface area contributed by atoms with Crippen molar-refractivity contribution in [1.29, 1.82) is 0 Å². The third-order valence-electron chi connectivity index (χ3n) is 3.60. The Bertz CT molecular complexity index is 348. The summed E-state index contributed by atoms with van der Waals surface area (Å²) in [5.74, 6) is 0. The van der Waals surface area contributed by atoms with Crippen molar-refractivity contribution >= 4 is 0 Å². The zero-order chi connectivity index (χ0) is 12.1. The van der Waals surface area contributed by atoms with Crippen LogP contribution in [0.3, 0.4) is 0 Å². The molecule has 1 aromatic carbocycles. The minimum absolute atomic E-state index is 0.597. The second-order valence-electron chi connectivity index (χ2n) is 4.72. The van der Waals surface area contributed by atoms with E-state index < -0.39 is 0 Å². The fraction of sp³-hybridized carbons (Fsp3) is 0.571. The maximum Gasteiger partial charge on any atom is 0.0622 e. The Labute approximate surface area is 104 Å². The van der Waals surface area contributed by atoms with Crippen LogP contribution in [0.4, 0.5) is 0 Å². The molecule has 0 spiro atoms. The fourth-order valence-corrected chi connectivity index (χ4v) is 2.35. The van der Waals surface area contributed by atoms with Crippen molar-refractivity contribution in [2.45, 2.75) is 25.4 Å². The Balaban J connectivity index is 1.88. The number of likely N-dealkylation sites (N-methyl/N-ethyl adjacent to an activating group) is 1. The molecular weight excluding hydrogens is 212 g/mol. The van der Waals surface area contributed by atoms with Gasteiger partial charge in [0.2, 0.25) is 0 Å². The van der Waals surface area contributed by atoms with E-state index in [-0.39, 0.29) is 0 Å². The van der Waals surface area contributed by atoms with E-state index in [0.29, 0.717) is 12.6 Å². The van der Waals surface area contributed by atoms with Crippen molar-refractivity contribution in [3.8, 4) is 0 Å². The van der Waals surface area contributed by atoms with Gasteiger partial charge in [0.05, 0.1) is 6.61 Å². The van der Waals surface area contributed by atoms with Gasteiger partial charge in [-0.15, -0.1) is 0 Å². The third kappa shape index (κ3) is 3.28. The maximum absolute atomic E-state index is 5.75. The zero-order valence-corrected chi connectivity index (χ0v) is 10.6. The minimum Gasteiger partial charge on any atom is -0.380 e. The van der Waals surface area contributed by atoms with Gasteiger partial charge in [0.15, 0.2) is 0 Å². The quantitative estimate of drug-likeness (QED) is 0.837. The molecule has 17 heavy (non-hydrogen) atoms. The van der Waals surface area contributed by atoms with Gasteiger partial charge < -0.3 is 15.4 Å². The smallest absolute Gasteiger partial charge is 0.0622 e. The predicted molar refractivity (Wildman–Crippen MR) is 69.9 cm³/mol. The van der Waals surface area contributed by atoms with Crippen LogP contribution in [0.5, 0.6) is 0 Å². The van der Waals surface area contributed by atoms with Gasteiger partial charge in [-0.25, -0.2) is 0 Å². The molecule has 3 nitrogen and oxygen atoms in total. The minimum atomic E-state index is 0.597. The van der Waals surface area contributed by atoms with Gasteiger partial charge in [-0.3, -0.25) is 0 Å². The average Bonchev–Trinajstić information content (AvgIpc) is 2.90. The van der Waals surface area contributed by atoms with Crippen molar-refractivity contribution < 1.29 is 4.74 Å². The Kier molecular flexibility index (Phi) is 4.54. The largest absolute Gasteiger partial charge is 0.380 e. The lowest BCUT2D eigenvalue weighted by molar-refractivity contribution is 0.160. The van der Waals surface area contributed by atoms with Crippen molar-refractivity contribution in [2.24, 2.45) is 5.73 Å². The summed E-state index contributed by atoms with van der Waals surface area (Å²) in [7, 11) is 2.18. The molecule has 0 amide bonds. The fourth-order valence-electron chi connectivity index (χ4n) is 2.35. The number of benzene rings is 1. The van der Waals surface area contributed by atoms with Gasteiger partial charge in [0.25, 0.3) is 0 Å². The first kappa shape index (κ1) is 12.6. The van der Waals surface area contributed by atoms with Gasteiger partial charge >= 0.3 is 0 Å². The van der Waals surface area contributed by atoms with Crippen LogP contribution in [-0.4, -0.2) is 37.7 Å². The molecule has 2 N–H and O–H groups in total. The number of hydrogen-bond acceptors (Lipinski definition) is 3.